The molecule has 0 amide bonds. The van der Waals surface area contributed by atoms with Gasteiger partial charge in [0.1, 0.15) is 0 Å². The fourth-order valence-corrected chi connectivity index (χ4v) is 12.4. The topological polar surface area (TPSA) is 58.4 Å². The van der Waals surface area contributed by atoms with Gasteiger partial charge in [-0.05, 0) is 66.7 Å². The first-order chi connectivity index (χ1) is 38.2. The van der Waals surface area contributed by atoms with Crippen molar-refractivity contribution in [3.63, 3.8) is 0 Å². The molecule has 0 unspecified atom stereocenters. The molecule has 6 aromatic heterocycles. The van der Waals surface area contributed by atoms with Crippen LogP contribution in [0.1, 0.15) is 9.60 Å². The number of thiophene rings is 1. The van der Waals surface area contributed by atoms with E-state index in [1.807, 2.05) is 137 Å². The molecule has 6 heterocycles. The number of aromatic nitrogens is 7. The number of rotatable bonds is 5. The van der Waals surface area contributed by atoms with Gasteiger partial charge in [-0.15, -0.1) is 11.3 Å². The van der Waals surface area contributed by atoms with Gasteiger partial charge in [-0.3, -0.25) is 9.13 Å². The van der Waals surface area contributed by atoms with Crippen LogP contribution in [0.3, 0.4) is 0 Å². The zero-order valence-electron chi connectivity index (χ0n) is 44.4. The third-order valence-electron chi connectivity index (χ3n) is 14.2. The van der Waals surface area contributed by atoms with Crippen molar-refractivity contribution in [1.82, 2.24) is 33.2 Å². The van der Waals surface area contributed by atoms with E-state index < -0.39 is 6.04 Å². The second kappa shape index (κ2) is 14.6. The maximum Gasteiger partial charge on any atom is 0.240 e. The Morgan fingerprint density at radius 3 is 1.34 bits per heavy atom. The van der Waals surface area contributed by atoms with Gasteiger partial charge in [-0.2, -0.15) is 15.0 Å². The molecule has 71 heavy (non-hydrogen) atoms. The Labute approximate surface area is 418 Å². The predicted molar refractivity (Wildman–Crippen MR) is 296 cm³/mol. The van der Waals surface area contributed by atoms with E-state index in [4.69, 9.17) is 17.7 Å². The Morgan fingerprint density at radius 2 is 0.761 bits per heavy atom. The highest BCUT2D eigenvalue weighted by molar-refractivity contribution is 7.26. The van der Waals surface area contributed by atoms with E-state index in [0.29, 0.717) is 16.3 Å². The number of fused-ring (bicyclic) bond motifs is 16. The first-order valence-electron chi connectivity index (χ1n) is 26.9. The van der Waals surface area contributed by atoms with E-state index in [9.17, 15) is 6.85 Å². The Morgan fingerprint density at radius 1 is 0.324 bits per heavy atom. The van der Waals surface area contributed by atoms with Crippen LogP contribution in [0, 0.1) is 0 Å². The van der Waals surface area contributed by atoms with Crippen molar-refractivity contribution in [2.45, 2.75) is 0 Å². The van der Waals surface area contributed by atoms with Crippen LogP contribution in [0.25, 0.3) is 142 Å². The molecule has 330 valence electrons. The number of hydrogen-bond acceptors (Lipinski definition) is 4. The summed E-state index contributed by atoms with van der Waals surface area (Å²) in [6, 6.07) is 58.2. The molecule has 0 saturated heterocycles. The van der Waals surface area contributed by atoms with Crippen LogP contribution in [0.5, 0.6) is 0 Å². The molecule has 0 aliphatic heterocycles. The summed E-state index contributed by atoms with van der Waals surface area (Å²) in [5.41, 5.74) is 6.24. The molecule has 0 aliphatic rings. The lowest BCUT2D eigenvalue weighted by molar-refractivity contribution is 0.891. The molecule has 0 bridgehead atoms. The second-order valence-electron chi connectivity index (χ2n) is 17.8. The average Bonchev–Trinajstić information content (AvgIpc) is 4.37. The summed E-state index contributed by atoms with van der Waals surface area (Å²) in [7, 11) is 0. The maximum atomic E-state index is 10.4. The average molecular weight is 931 g/mol. The van der Waals surface area contributed by atoms with Gasteiger partial charge in [0.15, 0.2) is 5.82 Å². The van der Waals surface area contributed by atoms with Gasteiger partial charge in [0.2, 0.25) is 11.9 Å². The lowest BCUT2D eigenvalue weighted by atomic mass is 10.1. The summed E-state index contributed by atoms with van der Waals surface area (Å²) >= 11 is 1.69. The van der Waals surface area contributed by atoms with E-state index in [0.717, 1.165) is 85.6 Å². The summed E-state index contributed by atoms with van der Waals surface area (Å²) in [6.07, 6.45) is 0. The van der Waals surface area contributed by atoms with Crippen molar-refractivity contribution in [2.75, 3.05) is 0 Å². The molecule has 0 atom stereocenters. The van der Waals surface area contributed by atoms with Crippen LogP contribution in [-0.2, 0) is 0 Å². The number of hydrogen-bond donors (Lipinski definition) is 0. The van der Waals surface area contributed by atoms with Crippen molar-refractivity contribution in [3.05, 3.63) is 224 Å². The molecule has 0 fully saturated rings. The predicted octanol–water partition coefficient (Wildman–Crippen LogP) is 16.3. The highest BCUT2D eigenvalue weighted by atomic mass is 32.1. The van der Waals surface area contributed by atoms with Gasteiger partial charge in [0, 0.05) is 63.3 Å². The molecule has 0 saturated carbocycles. The minimum Gasteiger partial charge on any atom is -0.308 e. The Kier molecular flexibility index (Phi) is 6.65. The van der Waals surface area contributed by atoms with Crippen molar-refractivity contribution < 1.29 is 9.60 Å². The number of nitrogens with zero attached hydrogens (tertiary/aromatic N) is 7. The van der Waals surface area contributed by atoms with Crippen LogP contribution in [-0.4, -0.2) is 33.2 Å². The Bertz CT molecular complexity index is 5230. The minimum atomic E-state index is -0.410. The van der Waals surface area contributed by atoms with Gasteiger partial charge in [-0.1, -0.05) is 158 Å². The highest BCUT2D eigenvalue weighted by Gasteiger charge is 2.28. The van der Waals surface area contributed by atoms with Gasteiger partial charge in [0.25, 0.3) is 0 Å². The molecular formula is C63H37N7S. The summed E-state index contributed by atoms with van der Waals surface area (Å²) in [5.74, 6) is 0.277. The minimum absolute atomic E-state index is 0.0358. The van der Waals surface area contributed by atoms with E-state index in [1.165, 1.54) is 0 Å². The fraction of sp³-hybridized carbons (Fsp3) is 0. The zero-order valence-corrected chi connectivity index (χ0v) is 38.2. The smallest absolute Gasteiger partial charge is 0.240 e. The largest absolute Gasteiger partial charge is 0.308 e. The molecule has 10 aromatic carbocycles. The molecule has 0 radical (unpaired) electrons. The summed E-state index contributed by atoms with van der Waals surface area (Å²) in [4.78, 5) is 16.5. The highest BCUT2D eigenvalue weighted by Crippen LogP contribution is 2.46. The Hall–Kier alpha value is -9.37. The second-order valence-corrected chi connectivity index (χ2v) is 18.9. The van der Waals surface area contributed by atoms with Crippen LogP contribution < -0.4 is 0 Å². The summed E-state index contributed by atoms with van der Waals surface area (Å²) in [5, 5.41) is 8.52. The lowest BCUT2D eigenvalue weighted by Crippen LogP contribution is -2.12. The Balaban J connectivity index is 1.17. The monoisotopic (exact) mass is 930 g/mol. The molecule has 0 spiro atoms. The molecule has 16 rings (SSSR count). The van der Waals surface area contributed by atoms with E-state index in [-0.39, 0.29) is 76.4 Å². The van der Waals surface area contributed by atoms with E-state index in [1.54, 1.807) is 15.9 Å². The first-order valence-corrected chi connectivity index (χ1v) is 24.2. The van der Waals surface area contributed by atoms with Crippen LogP contribution in [0.2, 0.25) is 0 Å². The molecule has 0 aliphatic carbocycles. The van der Waals surface area contributed by atoms with Crippen LogP contribution >= 0.6 is 11.3 Å². The van der Waals surface area contributed by atoms with Crippen molar-refractivity contribution in [3.8, 4) is 34.7 Å². The fourth-order valence-electron chi connectivity index (χ4n) is 11.3. The first kappa shape index (κ1) is 32.4. The number of benzene rings is 10. The van der Waals surface area contributed by atoms with Gasteiger partial charge >= 0.3 is 0 Å². The number of para-hydroxylation sites is 7. The molecule has 0 N–H and O–H groups in total. The molecule has 8 heteroatoms. The molecular weight excluding hydrogens is 887 g/mol. The van der Waals surface area contributed by atoms with Gasteiger partial charge in [0.05, 0.1) is 70.7 Å². The van der Waals surface area contributed by atoms with Gasteiger partial charge < -0.3 is 9.13 Å². The standard InChI is InChI=1S/C63H37N7S/c1-9-26-47-38(18-1)39-19-2-10-27-48(39)67(47)54-33-17-34-55(68-49-28-11-7-24-44(49)45-36-37-57-58(60(45)68)46-25-8-16-35-56(46)71-57)59(54)61-64-62(69-50-29-12-3-20-40(50)41-21-4-13-30-51(41)69)66-63(65-61)70-52-31-14-5-22-42(52)43-23-6-15-32-53(43)70/h1-37H/i3D,12D,17D,20D,29D,33D,34D. The third kappa shape index (κ3) is 5.34. The zero-order chi connectivity index (χ0) is 52.4. The van der Waals surface area contributed by atoms with Crippen molar-refractivity contribution in [1.29, 1.82) is 0 Å². The normalized spacial score (nSPS) is 13.6. The van der Waals surface area contributed by atoms with Gasteiger partial charge in [-0.25, -0.2) is 0 Å². The van der Waals surface area contributed by atoms with E-state index >= 15 is 0 Å². The maximum absolute atomic E-state index is 10.4. The van der Waals surface area contributed by atoms with Crippen molar-refractivity contribution >= 4 is 119 Å². The van der Waals surface area contributed by atoms with Crippen LogP contribution in [0.4, 0.5) is 0 Å². The van der Waals surface area contributed by atoms with Crippen LogP contribution in [0.15, 0.2) is 224 Å². The third-order valence-corrected chi connectivity index (χ3v) is 15.3. The molecule has 7 nitrogen and oxygen atoms in total. The summed E-state index contributed by atoms with van der Waals surface area (Å²) in [6.45, 7) is 0. The van der Waals surface area contributed by atoms with Crippen molar-refractivity contribution in [2.24, 2.45) is 0 Å². The molecule has 16 aromatic rings. The SMILES string of the molecule is [2H]c1c([2H])c(-n2c3ccccc3c3ccccc32)c(-c2nc(-n3c4ccccc4c4ccccc43)nc(-n3c4ccccc4c4c([2H])c([2H])c([2H])c([2H])c43)n2)c(-n2c3ccccc3c3ccc4sc5ccccc5c4c32)c1[2H]. The lowest BCUT2D eigenvalue weighted by Gasteiger charge is -2.20. The summed E-state index contributed by atoms with van der Waals surface area (Å²) < 4.78 is 77.4. The quantitative estimate of drug-likeness (QED) is 0.173. The van der Waals surface area contributed by atoms with E-state index in [2.05, 4.69) is 59.2 Å².